The fourth-order valence-corrected chi connectivity index (χ4v) is 5.57. The number of hydrogen-bond donors (Lipinski definition) is 0. The maximum Gasteiger partial charge on any atom is 0.0175 e. The van der Waals surface area contributed by atoms with Crippen LogP contribution in [0, 0.1) is 6.07 Å². The van der Waals surface area contributed by atoms with Gasteiger partial charge < -0.3 is 0 Å². The third kappa shape index (κ3) is 3.43. The highest BCUT2D eigenvalue weighted by Gasteiger charge is 2.37. The van der Waals surface area contributed by atoms with E-state index in [0.717, 1.165) is 10.0 Å². The van der Waals surface area contributed by atoms with Gasteiger partial charge in [-0.05, 0) is 79.9 Å². The molecule has 0 spiro atoms. The predicted molar refractivity (Wildman–Crippen MR) is 147 cm³/mol. The van der Waals surface area contributed by atoms with Crippen molar-refractivity contribution in [1.82, 2.24) is 0 Å². The molecule has 0 aliphatic heterocycles. The van der Waals surface area contributed by atoms with Gasteiger partial charge in [-0.3, -0.25) is 0 Å². The molecule has 0 saturated heterocycles. The van der Waals surface area contributed by atoms with Crippen LogP contribution < -0.4 is 0 Å². The lowest BCUT2D eigenvalue weighted by molar-refractivity contribution is 0.662. The van der Waals surface area contributed by atoms with Crippen molar-refractivity contribution in [2.24, 2.45) is 0 Å². The molecule has 163 valence electrons. The molecule has 34 heavy (non-hydrogen) atoms. The fourth-order valence-electron chi connectivity index (χ4n) is 5.31. The lowest BCUT2D eigenvalue weighted by atomic mass is 9.78. The van der Waals surface area contributed by atoms with Crippen LogP contribution in [0.25, 0.3) is 44.5 Å². The molecule has 5 aromatic carbocycles. The molecular weight excluding hydrogens is 476 g/mol. The van der Waals surface area contributed by atoms with Crippen molar-refractivity contribution >= 4 is 15.9 Å². The monoisotopic (exact) mass is 499 g/mol. The first kappa shape index (κ1) is 21.1. The van der Waals surface area contributed by atoms with Crippen LogP contribution in [0.5, 0.6) is 0 Å². The summed E-state index contributed by atoms with van der Waals surface area (Å²) in [4.78, 5) is 0. The number of hydrogen-bond acceptors (Lipinski definition) is 0. The lowest BCUT2D eigenvalue weighted by Crippen LogP contribution is -2.16. The average Bonchev–Trinajstić information content (AvgIpc) is 3.12. The van der Waals surface area contributed by atoms with E-state index in [1.807, 2.05) is 0 Å². The molecule has 0 atom stereocenters. The smallest absolute Gasteiger partial charge is 0.0175 e. The fraction of sp³-hybridized carbons (Fsp3) is 0.0909. The third-order valence-electron chi connectivity index (χ3n) is 7.02. The molecule has 0 fully saturated rings. The molecular formula is C33H24Br. The Bertz CT molecular complexity index is 1490. The van der Waals surface area contributed by atoms with E-state index in [4.69, 9.17) is 0 Å². The van der Waals surface area contributed by atoms with Crippen LogP contribution in [-0.4, -0.2) is 0 Å². The summed E-state index contributed by atoms with van der Waals surface area (Å²) in [6.07, 6.45) is 0. The van der Waals surface area contributed by atoms with Crippen LogP contribution in [0.1, 0.15) is 25.0 Å². The van der Waals surface area contributed by atoms with Gasteiger partial charge in [0.05, 0.1) is 0 Å². The molecule has 5 aromatic rings. The van der Waals surface area contributed by atoms with Crippen LogP contribution in [0.4, 0.5) is 0 Å². The van der Waals surface area contributed by atoms with Crippen LogP contribution in [0.2, 0.25) is 0 Å². The van der Waals surface area contributed by atoms with Crippen molar-refractivity contribution in [3.05, 3.63) is 131 Å². The van der Waals surface area contributed by atoms with E-state index in [0.29, 0.717) is 0 Å². The van der Waals surface area contributed by atoms with E-state index in [9.17, 15) is 0 Å². The van der Waals surface area contributed by atoms with E-state index < -0.39 is 0 Å². The molecule has 6 rings (SSSR count). The molecule has 0 amide bonds. The molecule has 1 aliphatic carbocycles. The molecule has 1 heteroatoms. The van der Waals surface area contributed by atoms with Crippen molar-refractivity contribution in [1.29, 1.82) is 0 Å². The molecule has 0 bridgehead atoms. The van der Waals surface area contributed by atoms with Crippen molar-refractivity contribution in [2.45, 2.75) is 19.3 Å². The minimum Gasteiger partial charge on any atom is -0.0622 e. The zero-order valence-corrected chi connectivity index (χ0v) is 20.9. The highest BCUT2D eigenvalue weighted by molar-refractivity contribution is 9.10. The average molecular weight is 500 g/mol. The second-order valence-corrected chi connectivity index (χ2v) is 10.4. The van der Waals surface area contributed by atoms with E-state index in [2.05, 4.69) is 145 Å². The molecule has 0 N–H and O–H groups in total. The van der Waals surface area contributed by atoms with E-state index >= 15 is 0 Å². The van der Waals surface area contributed by atoms with Crippen molar-refractivity contribution in [3.63, 3.8) is 0 Å². The number of benzene rings is 5. The quantitative estimate of drug-likeness (QED) is 0.231. The van der Waals surface area contributed by atoms with E-state index in [1.165, 1.54) is 50.1 Å². The minimum atomic E-state index is -0.0828. The van der Waals surface area contributed by atoms with Gasteiger partial charge in [0.1, 0.15) is 0 Å². The highest BCUT2D eigenvalue weighted by atomic mass is 79.9. The van der Waals surface area contributed by atoms with E-state index in [-0.39, 0.29) is 5.41 Å². The Morgan fingerprint density at radius 3 is 1.91 bits per heavy atom. The van der Waals surface area contributed by atoms with Gasteiger partial charge >= 0.3 is 0 Å². The molecule has 0 nitrogen and oxygen atoms in total. The number of fused-ring (bicyclic) bond motifs is 3. The van der Waals surface area contributed by atoms with Crippen LogP contribution in [0.15, 0.2) is 114 Å². The van der Waals surface area contributed by atoms with Gasteiger partial charge in [-0.2, -0.15) is 0 Å². The Kier molecular flexibility index (Phi) is 5.04. The molecule has 0 aromatic heterocycles. The SMILES string of the molecule is CC1(C)c2ccccc2-c2cc(-c3ccc(-c4ccccc4)cc3)[c]c(-c3ccc(Br)cc3)c21. The maximum absolute atomic E-state index is 3.83. The van der Waals surface area contributed by atoms with Gasteiger partial charge in [-0.1, -0.05) is 121 Å². The van der Waals surface area contributed by atoms with E-state index in [1.54, 1.807) is 0 Å². The van der Waals surface area contributed by atoms with Gasteiger partial charge in [0.15, 0.2) is 0 Å². The summed E-state index contributed by atoms with van der Waals surface area (Å²) >= 11 is 3.59. The molecule has 0 heterocycles. The van der Waals surface area contributed by atoms with Gasteiger partial charge in [0.2, 0.25) is 0 Å². The zero-order chi connectivity index (χ0) is 23.3. The Hall–Kier alpha value is -3.42. The summed E-state index contributed by atoms with van der Waals surface area (Å²) in [7, 11) is 0. The first-order valence-corrected chi connectivity index (χ1v) is 12.4. The van der Waals surface area contributed by atoms with Gasteiger partial charge in [-0.25, -0.2) is 0 Å². The third-order valence-corrected chi connectivity index (χ3v) is 7.55. The predicted octanol–water partition coefficient (Wildman–Crippen LogP) is 9.56. The Balaban J connectivity index is 1.56. The summed E-state index contributed by atoms with van der Waals surface area (Å²) in [5.74, 6) is 0. The van der Waals surface area contributed by atoms with Gasteiger partial charge in [-0.15, -0.1) is 0 Å². The van der Waals surface area contributed by atoms with Gasteiger partial charge in [0, 0.05) is 9.89 Å². The normalized spacial score (nSPS) is 13.4. The largest absolute Gasteiger partial charge is 0.0622 e. The number of halogens is 1. The maximum atomic E-state index is 3.83. The standard InChI is InChI=1S/C33H24Br/c1-33(2)31-11-7-6-10-28(31)30-21-26(20-29(32(30)33)25-16-18-27(34)19-17-25)24-14-12-23(13-15-24)22-8-4-3-5-9-22/h3-19,21H,1-2H3. The summed E-state index contributed by atoms with van der Waals surface area (Å²) < 4.78 is 1.09. The summed E-state index contributed by atoms with van der Waals surface area (Å²) in [5.41, 5.74) is 12.5. The Labute approximate surface area is 210 Å². The summed E-state index contributed by atoms with van der Waals surface area (Å²) in [6, 6.07) is 43.0. The van der Waals surface area contributed by atoms with Crippen molar-refractivity contribution < 1.29 is 0 Å². The summed E-state index contributed by atoms with van der Waals surface area (Å²) in [5, 5.41) is 0. The lowest BCUT2D eigenvalue weighted by Gasteiger charge is -2.25. The first-order chi connectivity index (χ1) is 16.5. The molecule has 1 aliphatic rings. The summed E-state index contributed by atoms with van der Waals surface area (Å²) in [6.45, 7) is 4.67. The minimum absolute atomic E-state index is 0.0828. The second-order valence-electron chi connectivity index (χ2n) is 9.47. The van der Waals surface area contributed by atoms with Crippen LogP contribution >= 0.6 is 15.9 Å². The Morgan fingerprint density at radius 1 is 0.588 bits per heavy atom. The first-order valence-electron chi connectivity index (χ1n) is 11.6. The Morgan fingerprint density at radius 2 is 1.18 bits per heavy atom. The van der Waals surface area contributed by atoms with Crippen LogP contribution in [-0.2, 0) is 5.41 Å². The zero-order valence-electron chi connectivity index (χ0n) is 19.3. The molecule has 1 radical (unpaired) electrons. The van der Waals surface area contributed by atoms with Crippen LogP contribution in [0.3, 0.4) is 0 Å². The highest BCUT2D eigenvalue weighted by Crippen LogP contribution is 2.53. The van der Waals surface area contributed by atoms with Crippen molar-refractivity contribution in [3.8, 4) is 44.5 Å². The van der Waals surface area contributed by atoms with Gasteiger partial charge in [0.25, 0.3) is 0 Å². The topological polar surface area (TPSA) is 0 Å². The van der Waals surface area contributed by atoms with Crippen molar-refractivity contribution in [2.75, 3.05) is 0 Å². The second kappa shape index (κ2) is 8.11. The molecule has 0 saturated carbocycles. The number of rotatable bonds is 3. The molecule has 0 unspecified atom stereocenters.